The van der Waals surface area contributed by atoms with Crippen LogP contribution in [0, 0.1) is 0 Å². The van der Waals surface area contributed by atoms with Crippen molar-refractivity contribution in [1.82, 2.24) is 15.3 Å². The third kappa shape index (κ3) is 4.49. The number of hydrogen-bond acceptors (Lipinski definition) is 5. The summed E-state index contributed by atoms with van der Waals surface area (Å²) in [6.07, 6.45) is 4.03. The first-order chi connectivity index (χ1) is 8.69. The SMILES string of the molecule is CCCCN(C)c1cc(N(C)CCNC)ncn1. The smallest absolute Gasteiger partial charge is 0.133 e. The highest BCUT2D eigenvalue weighted by Crippen LogP contribution is 2.15. The summed E-state index contributed by atoms with van der Waals surface area (Å²) >= 11 is 0. The largest absolute Gasteiger partial charge is 0.360 e. The minimum absolute atomic E-state index is 0.936. The lowest BCUT2D eigenvalue weighted by Gasteiger charge is -2.21. The molecule has 0 bridgehead atoms. The van der Waals surface area contributed by atoms with Gasteiger partial charge in [-0.15, -0.1) is 0 Å². The minimum Gasteiger partial charge on any atom is -0.360 e. The van der Waals surface area contributed by atoms with E-state index in [1.54, 1.807) is 6.33 Å². The third-order valence-corrected chi connectivity index (χ3v) is 2.96. The zero-order chi connectivity index (χ0) is 13.4. The van der Waals surface area contributed by atoms with Gasteiger partial charge in [0.05, 0.1) is 0 Å². The summed E-state index contributed by atoms with van der Waals surface area (Å²) in [4.78, 5) is 13.0. The Morgan fingerprint density at radius 1 is 1.11 bits per heavy atom. The topological polar surface area (TPSA) is 44.3 Å². The molecule has 102 valence electrons. The average Bonchev–Trinajstić information content (AvgIpc) is 2.42. The number of unbranched alkanes of at least 4 members (excludes halogenated alkanes) is 1. The molecule has 5 heteroatoms. The second kappa shape index (κ2) is 7.87. The first kappa shape index (κ1) is 14.7. The summed E-state index contributed by atoms with van der Waals surface area (Å²) < 4.78 is 0. The number of aromatic nitrogens is 2. The van der Waals surface area contributed by atoms with Crippen LogP contribution in [0.15, 0.2) is 12.4 Å². The Morgan fingerprint density at radius 3 is 2.28 bits per heavy atom. The molecule has 1 aromatic rings. The van der Waals surface area contributed by atoms with Crippen molar-refractivity contribution in [2.45, 2.75) is 19.8 Å². The van der Waals surface area contributed by atoms with E-state index in [1.807, 2.05) is 13.1 Å². The van der Waals surface area contributed by atoms with E-state index in [9.17, 15) is 0 Å². The van der Waals surface area contributed by atoms with Crippen LogP contribution >= 0.6 is 0 Å². The highest BCUT2D eigenvalue weighted by Gasteiger charge is 2.06. The maximum absolute atomic E-state index is 4.33. The molecule has 0 spiro atoms. The molecule has 0 aliphatic heterocycles. The van der Waals surface area contributed by atoms with Crippen LogP contribution in [0.5, 0.6) is 0 Å². The molecule has 0 saturated carbocycles. The molecule has 0 fully saturated rings. The summed E-state index contributed by atoms with van der Waals surface area (Å²) in [5.41, 5.74) is 0. The molecule has 0 saturated heterocycles. The number of anilines is 2. The predicted molar refractivity (Wildman–Crippen MR) is 77.4 cm³/mol. The molecule has 0 amide bonds. The summed E-state index contributed by atoms with van der Waals surface area (Å²) in [7, 11) is 6.09. The normalized spacial score (nSPS) is 10.4. The van der Waals surface area contributed by atoms with Crippen molar-refractivity contribution in [1.29, 1.82) is 0 Å². The number of likely N-dealkylation sites (N-methyl/N-ethyl adjacent to an activating group) is 2. The van der Waals surface area contributed by atoms with Crippen LogP contribution < -0.4 is 15.1 Å². The van der Waals surface area contributed by atoms with E-state index in [4.69, 9.17) is 0 Å². The lowest BCUT2D eigenvalue weighted by atomic mass is 10.3. The first-order valence-electron chi connectivity index (χ1n) is 6.58. The van der Waals surface area contributed by atoms with Crippen LogP contribution in [0.1, 0.15) is 19.8 Å². The van der Waals surface area contributed by atoms with E-state index < -0.39 is 0 Å². The zero-order valence-electron chi connectivity index (χ0n) is 12.0. The Labute approximate surface area is 110 Å². The van der Waals surface area contributed by atoms with Crippen molar-refractivity contribution in [3.8, 4) is 0 Å². The minimum atomic E-state index is 0.936. The molecular formula is C13H25N5. The van der Waals surface area contributed by atoms with Gasteiger partial charge in [-0.05, 0) is 13.5 Å². The number of nitrogens with one attached hydrogen (secondary N) is 1. The van der Waals surface area contributed by atoms with Gasteiger partial charge in [0.2, 0.25) is 0 Å². The molecule has 1 heterocycles. The standard InChI is InChI=1S/C13H25N5/c1-5-6-8-17(3)12-10-13(16-11-15-12)18(4)9-7-14-2/h10-11,14H,5-9H2,1-4H3. The van der Waals surface area contributed by atoms with Gasteiger partial charge in [-0.3, -0.25) is 0 Å². The zero-order valence-corrected chi connectivity index (χ0v) is 12.0. The molecule has 5 nitrogen and oxygen atoms in total. The lowest BCUT2D eigenvalue weighted by molar-refractivity contribution is 0.749. The van der Waals surface area contributed by atoms with Crippen molar-refractivity contribution in [2.75, 3.05) is 50.6 Å². The molecule has 1 aromatic heterocycles. The highest BCUT2D eigenvalue weighted by molar-refractivity contribution is 5.49. The van der Waals surface area contributed by atoms with Crippen molar-refractivity contribution in [2.24, 2.45) is 0 Å². The molecule has 18 heavy (non-hydrogen) atoms. The number of rotatable bonds is 8. The molecule has 0 aliphatic carbocycles. The van der Waals surface area contributed by atoms with Gasteiger partial charge in [0.15, 0.2) is 0 Å². The Morgan fingerprint density at radius 2 is 1.72 bits per heavy atom. The summed E-state index contributed by atoms with van der Waals surface area (Å²) in [6, 6.07) is 2.05. The second-order valence-electron chi connectivity index (χ2n) is 4.53. The van der Waals surface area contributed by atoms with E-state index in [0.717, 1.165) is 31.3 Å². The second-order valence-corrected chi connectivity index (χ2v) is 4.53. The predicted octanol–water partition coefficient (Wildman–Crippen LogP) is 1.37. The van der Waals surface area contributed by atoms with E-state index >= 15 is 0 Å². The van der Waals surface area contributed by atoms with E-state index in [0.29, 0.717) is 0 Å². The van der Waals surface area contributed by atoms with Crippen LogP contribution in [-0.4, -0.2) is 50.7 Å². The van der Waals surface area contributed by atoms with Crippen LogP contribution in [0.2, 0.25) is 0 Å². The van der Waals surface area contributed by atoms with Crippen LogP contribution in [0.25, 0.3) is 0 Å². The van der Waals surface area contributed by atoms with Gasteiger partial charge in [0, 0.05) is 39.8 Å². The third-order valence-electron chi connectivity index (χ3n) is 2.96. The van der Waals surface area contributed by atoms with E-state index in [-0.39, 0.29) is 0 Å². The van der Waals surface area contributed by atoms with Gasteiger partial charge < -0.3 is 15.1 Å². The molecular weight excluding hydrogens is 226 g/mol. The molecule has 0 aromatic carbocycles. The van der Waals surface area contributed by atoms with Gasteiger partial charge in [0.1, 0.15) is 18.0 Å². The number of nitrogens with zero attached hydrogens (tertiary/aromatic N) is 4. The van der Waals surface area contributed by atoms with Gasteiger partial charge in [-0.25, -0.2) is 9.97 Å². The fourth-order valence-electron chi connectivity index (χ4n) is 1.66. The highest BCUT2D eigenvalue weighted by atomic mass is 15.2. The fourth-order valence-corrected chi connectivity index (χ4v) is 1.66. The van der Waals surface area contributed by atoms with E-state index in [2.05, 4.69) is 46.1 Å². The lowest BCUT2D eigenvalue weighted by Crippen LogP contribution is -2.28. The summed E-state index contributed by atoms with van der Waals surface area (Å²) in [5.74, 6) is 1.96. The molecule has 1 rings (SSSR count). The fraction of sp³-hybridized carbons (Fsp3) is 0.692. The van der Waals surface area contributed by atoms with Crippen molar-refractivity contribution < 1.29 is 0 Å². The Kier molecular flexibility index (Phi) is 6.43. The van der Waals surface area contributed by atoms with Crippen LogP contribution in [0.4, 0.5) is 11.6 Å². The summed E-state index contributed by atoms with van der Waals surface area (Å²) in [5, 5.41) is 3.14. The van der Waals surface area contributed by atoms with E-state index in [1.165, 1.54) is 12.8 Å². The van der Waals surface area contributed by atoms with Gasteiger partial charge in [-0.2, -0.15) is 0 Å². The Bertz CT molecular complexity index is 313. The maximum Gasteiger partial charge on any atom is 0.133 e. The number of hydrogen-bond donors (Lipinski definition) is 1. The molecule has 0 unspecified atom stereocenters. The Balaban J connectivity index is 2.66. The van der Waals surface area contributed by atoms with Crippen LogP contribution in [0.3, 0.4) is 0 Å². The van der Waals surface area contributed by atoms with Gasteiger partial charge in [-0.1, -0.05) is 13.3 Å². The molecule has 0 radical (unpaired) electrons. The van der Waals surface area contributed by atoms with Crippen molar-refractivity contribution >= 4 is 11.6 Å². The monoisotopic (exact) mass is 251 g/mol. The average molecular weight is 251 g/mol. The van der Waals surface area contributed by atoms with Crippen LogP contribution in [-0.2, 0) is 0 Å². The molecule has 1 N–H and O–H groups in total. The summed E-state index contributed by atoms with van der Waals surface area (Å²) in [6.45, 7) is 5.12. The van der Waals surface area contributed by atoms with Crippen molar-refractivity contribution in [3.63, 3.8) is 0 Å². The maximum atomic E-state index is 4.33. The van der Waals surface area contributed by atoms with Gasteiger partial charge in [0.25, 0.3) is 0 Å². The molecule has 0 aliphatic rings. The molecule has 0 atom stereocenters. The first-order valence-corrected chi connectivity index (χ1v) is 6.58. The quantitative estimate of drug-likeness (QED) is 0.756. The Hall–Kier alpha value is -1.36. The van der Waals surface area contributed by atoms with Gasteiger partial charge >= 0.3 is 0 Å². The van der Waals surface area contributed by atoms with Crippen molar-refractivity contribution in [3.05, 3.63) is 12.4 Å².